The van der Waals surface area contributed by atoms with Crippen molar-refractivity contribution in [3.8, 4) is 11.5 Å². The molecule has 0 amide bonds. The Morgan fingerprint density at radius 3 is 2.71 bits per heavy atom. The van der Waals surface area contributed by atoms with E-state index < -0.39 is 0 Å². The van der Waals surface area contributed by atoms with Crippen LogP contribution in [-0.4, -0.2) is 23.2 Å². The van der Waals surface area contributed by atoms with Crippen molar-refractivity contribution in [1.29, 1.82) is 0 Å². The fourth-order valence-corrected chi connectivity index (χ4v) is 2.55. The Labute approximate surface area is 132 Å². The van der Waals surface area contributed by atoms with Gasteiger partial charge < -0.3 is 9.47 Å². The number of benzene rings is 1. The number of carbonyl (C=O) groups is 1. The van der Waals surface area contributed by atoms with Crippen LogP contribution < -0.4 is 9.47 Å². The Balaban J connectivity index is 2.23. The summed E-state index contributed by atoms with van der Waals surface area (Å²) in [6, 6.07) is 5.36. The molecule has 0 unspecified atom stereocenters. The standard InChI is InChI=1S/C15H17BrN2O3/c1-4-11-7-12(18(2)17-11)9-21-15-13(16)5-10(8-19)6-14(15)20-3/h5-8H,4,9H2,1-3H3. The monoisotopic (exact) mass is 352 g/mol. The predicted molar refractivity (Wildman–Crippen MR) is 83.0 cm³/mol. The quantitative estimate of drug-likeness (QED) is 0.749. The van der Waals surface area contributed by atoms with Gasteiger partial charge in [0.1, 0.15) is 12.9 Å². The lowest BCUT2D eigenvalue weighted by Crippen LogP contribution is -2.04. The van der Waals surface area contributed by atoms with Crippen LogP contribution >= 0.6 is 15.9 Å². The Hall–Kier alpha value is -1.82. The van der Waals surface area contributed by atoms with Crippen LogP contribution in [0.3, 0.4) is 0 Å². The highest BCUT2D eigenvalue weighted by atomic mass is 79.9. The molecule has 0 atom stereocenters. The lowest BCUT2D eigenvalue weighted by atomic mass is 10.2. The number of halogens is 1. The number of nitrogens with zero attached hydrogens (tertiary/aromatic N) is 2. The summed E-state index contributed by atoms with van der Waals surface area (Å²) < 4.78 is 13.6. The van der Waals surface area contributed by atoms with E-state index in [1.54, 1.807) is 23.9 Å². The average Bonchev–Trinajstić information content (AvgIpc) is 2.85. The van der Waals surface area contributed by atoms with Crippen molar-refractivity contribution in [3.05, 3.63) is 39.6 Å². The molecule has 1 aromatic heterocycles. The molecule has 0 saturated carbocycles. The van der Waals surface area contributed by atoms with E-state index in [-0.39, 0.29) is 0 Å². The third-order valence-corrected chi connectivity index (χ3v) is 3.73. The molecule has 0 aliphatic rings. The van der Waals surface area contributed by atoms with Gasteiger partial charge in [-0.05, 0) is 40.5 Å². The van der Waals surface area contributed by atoms with Crippen molar-refractivity contribution in [2.24, 2.45) is 7.05 Å². The molecule has 2 rings (SSSR count). The van der Waals surface area contributed by atoms with Gasteiger partial charge in [-0.25, -0.2) is 0 Å². The van der Waals surface area contributed by atoms with E-state index in [0.29, 0.717) is 28.1 Å². The van der Waals surface area contributed by atoms with E-state index in [4.69, 9.17) is 9.47 Å². The molecule has 0 aliphatic heterocycles. The number of aryl methyl sites for hydroxylation is 2. The molecule has 0 aliphatic carbocycles. The molecule has 21 heavy (non-hydrogen) atoms. The van der Waals surface area contributed by atoms with E-state index in [1.807, 2.05) is 13.1 Å². The molecule has 112 valence electrons. The first-order valence-electron chi connectivity index (χ1n) is 6.56. The van der Waals surface area contributed by atoms with Gasteiger partial charge in [0.25, 0.3) is 0 Å². The molecule has 0 spiro atoms. The SMILES string of the molecule is CCc1cc(COc2c(Br)cc(C=O)cc2OC)n(C)n1. The van der Waals surface area contributed by atoms with E-state index in [2.05, 4.69) is 28.0 Å². The van der Waals surface area contributed by atoms with E-state index in [1.165, 1.54) is 0 Å². The van der Waals surface area contributed by atoms with Gasteiger partial charge in [-0.3, -0.25) is 9.48 Å². The number of methoxy groups -OCH3 is 1. The number of carbonyl (C=O) groups excluding carboxylic acids is 1. The van der Waals surface area contributed by atoms with Gasteiger partial charge in [0.2, 0.25) is 0 Å². The maximum atomic E-state index is 10.9. The topological polar surface area (TPSA) is 53.4 Å². The third-order valence-electron chi connectivity index (χ3n) is 3.14. The minimum absolute atomic E-state index is 0.374. The Kier molecular flexibility index (Phi) is 5.01. The van der Waals surface area contributed by atoms with Crippen molar-refractivity contribution < 1.29 is 14.3 Å². The average molecular weight is 353 g/mol. The van der Waals surface area contributed by atoms with Crippen LogP contribution in [0.25, 0.3) is 0 Å². The lowest BCUT2D eigenvalue weighted by molar-refractivity contribution is 0.112. The summed E-state index contributed by atoms with van der Waals surface area (Å²) in [5, 5.41) is 4.38. The van der Waals surface area contributed by atoms with Crippen LogP contribution in [0.15, 0.2) is 22.7 Å². The third kappa shape index (κ3) is 3.44. The zero-order valence-corrected chi connectivity index (χ0v) is 13.8. The molecular formula is C15H17BrN2O3. The van der Waals surface area contributed by atoms with Gasteiger partial charge in [0.15, 0.2) is 11.5 Å². The second-order valence-corrected chi connectivity index (χ2v) is 5.40. The summed E-state index contributed by atoms with van der Waals surface area (Å²) in [6.07, 6.45) is 1.65. The van der Waals surface area contributed by atoms with E-state index >= 15 is 0 Å². The lowest BCUT2D eigenvalue weighted by Gasteiger charge is -2.13. The number of ether oxygens (including phenoxy) is 2. The van der Waals surface area contributed by atoms with Gasteiger partial charge in [-0.2, -0.15) is 5.10 Å². The largest absolute Gasteiger partial charge is 0.493 e. The van der Waals surface area contributed by atoms with Crippen LogP contribution in [0.5, 0.6) is 11.5 Å². The smallest absolute Gasteiger partial charge is 0.175 e. The Morgan fingerprint density at radius 2 is 2.14 bits per heavy atom. The van der Waals surface area contributed by atoms with Crippen molar-refractivity contribution >= 4 is 22.2 Å². The fraction of sp³-hybridized carbons (Fsp3) is 0.333. The summed E-state index contributed by atoms with van der Waals surface area (Å²) in [4.78, 5) is 10.9. The first-order valence-corrected chi connectivity index (χ1v) is 7.35. The van der Waals surface area contributed by atoms with Crippen molar-refractivity contribution in [2.75, 3.05) is 7.11 Å². The summed E-state index contributed by atoms with van der Waals surface area (Å²) >= 11 is 3.40. The van der Waals surface area contributed by atoms with E-state index in [0.717, 1.165) is 24.1 Å². The number of rotatable bonds is 6. The number of aldehydes is 1. The minimum Gasteiger partial charge on any atom is -0.493 e. The summed E-state index contributed by atoms with van der Waals surface area (Å²) in [5.74, 6) is 1.09. The minimum atomic E-state index is 0.374. The van der Waals surface area contributed by atoms with Crippen molar-refractivity contribution in [2.45, 2.75) is 20.0 Å². The van der Waals surface area contributed by atoms with Gasteiger partial charge in [-0.1, -0.05) is 6.92 Å². The molecule has 6 heteroatoms. The van der Waals surface area contributed by atoms with Gasteiger partial charge >= 0.3 is 0 Å². The molecule has 2 aromatic rings. The molecule has 0 radical (unpaired) electrons. The van der Waals surface area contributed by atoms with Gasteiger partial charge in [0.05, 0.1) is 23.0 Å². The molecule has 1 aromatic carbocycles. The Morgan fingerprint density at radius 1 is 1.38 bits per heavy atom. The molecule has 0 fully saturated rings. The molecular weight excluding hydrogens is 336 g/mol. The molecule has 0 bridgehead atoms. The zero-order valence-electron chi connectivity index (χ0n) is 12.2. The second-order valence-electron chi connectivity index (χ2n) is 4.54. The molecule has 5 nitrogen and oxygen atoms in total. The number of hydrogen-bond acceptors (Lipinski definition) is 4. The normalized spacial score (nSPS) is 10.5. The number of hydrogen-bond donors (Lipinski definition) is 0. The van der Waals surface area contributed by atoms with Crippen molar-refractivity contribution in [3.63, 3.8) is 0 Å². The highest BCUT2D eigenvalue weighted by molar-refractivity contribution is 9.10. The highest BCUT2D eigenvalue weighted by Gasteiger charge is 2.13. The number of aromatic nitrogens is 2. The molecule has 0 N–H and O–H groups in total. The van der Waals surface area contributed by atoms with Gasteiger partial charge in [0, 0.05) is 12.6 Å². The zero-order chi connectivity index (χ0) is 15.4. The van der Waals surface area contributed by atoms with E-state index in [9.17, 15) is 4.79 Å². The van der Waals surface area contributed by atoms with Crippen LogP contribution in [-0.2, 0) is 20.1 Å². The summed E-state index contributed by atoms with van der Waals surface area (Å²) in [7, 11) is 3.43. The summed E-state index contributed by atoms with van der Waals surface area (Å²) in [5.41, 5.74) is 2.53. The fourth-order valence-electron chi connectivity index (χ4n) is 1.97. The van der Waals surface area contributed by atoms with Crippen molar-refractivity contribution in [1.82, 2.24) is 9.78 Å². The summed E-state index contributed by atoms with van der Waals surface area (Å²) in [6.45, 7) is 2.43. The predicted octanol–water partition coefficient (Wildman–Crippen LogP) is 3.15. The van der Waals surface area contributed by atoms with Gasteiger partial charge in [-0.15, -0.1) is 0 Å². The highest BCUT2D eigenvalue weighted by Crippen LogP contribution is 2.36. The Bertz CT molecular complexity index is 653. The van der Waals surface area contributed by atoms with Crippen LogP contribution in [0.2, 0.25) is 0 Å². The maximum Gasteiger partial charge on any atom is 0.175 e. The molecule has 0 saturated heterocycles. The first-order chi connectivity index (χ1) is 10.1. The first kappa shape index (κ1) is 15.6. The molecule has 1 heterocycles. The van der Waals surface area contributed by atoms with Crippen LogP contribution in [0.4, 0.5) is 0 Å². The van der Waals surface area contributed by atoms with Crippen LogP contribution in [0.1, 0.15) is 28.7 Å². The van der Waals surface area contributed by atoms with Crippen LogP contribution in [0, 0.1) is 0 Å². The second kappa shape index (κ2) is 6.76. The maximum absolute atomic E-state index is 10.9.